The van der Waals surface area contributed by atoms with Crippen LogP contribution in [0.3, 0.4) is 0 Å². The molecule has 0 radical (unpaired) electrons. The lowest BCUT2D eigenvalue weighted by Crippen LogP contribution is -1.99. The first-order valence-electron chi connectivity index (χ1n) is 6.39. The fraction of sp³-hybridized carbons (Fsp3) is 0.235. The molecule has 0 aliphatic carbocycles. The zero-order valence-electron chi connectivity index (χ0n) is 10.7. The lowest BCUT2D eigenvalue weighted by atomic mass is 10.0. The Kier molecular flexibility index (Phi) is 4.30. The quantitative estimate of drug-likeness (QED) is 0.713. The molecule has 0 fully saturated rings. The molecule has 18 heavy (non-hydrogen) atoms. The summed E-state index contributed by atoms with van der Waals surface area (Å²) < 4.78 is 0. The molecular formula is C17H18O. The molecule has 0 aliphatic rings. The van der Waals surface area contributed by atoms with Crippen LogP contribution in [0.15, 0.2) is 54.6 Å². The molecule has 0 N–H and O–H groups in total. The minimum Gasteiger partial charge on any atom is -0.294 e. The number of ketones is 1. The van der Waals surface area contributed by atoms with E-state index in [1.54, 1.807) is 0 Å². The summed E-state index contributed by atoms with van der Waals surface area (Å²) >= 11 is 0. The number of hydrogen-bond donors (Lipinski definition) is 0. The number of carbonyl (C=O) groups excluding carboxylic acids is 1. The summed E-state index contributed by atoms with van der Waals surface area (Å²) in [4.78, 5) is 11.9. The van der Waals surface area contributed by atoms with Crippen molar-refractivity contribution < 1.29 is 4.79 Å². The predicted octanol–water partition coefficient (Wildman–Crippen LogP) is 4.20. The van der Waals surface area contributed by atoms with Crippen molar-refractivity contribution in [2.45, 2.75) is 26.2 Å². The van der Waals surface area contributed by atoms with Crippen molar-refractivity contribution in [1.82, 2.24) is 0 Å². The molecule has 92 valence electrons. The molecule has 0 amide bonds. The van der Waals surface area contributed by atoms with Gasteiger partial charge in [-0.1, -0.05) is 60.2 Å². The summed E-state index contributed by atoms with van der Waals surface area (Å²) in [6.07, 6.45) is 2.51. The Morgan fingerprint density at radius 2 is 1.61 bits per heavy atom. The Balaban J connectivity index is 1.82. The fourth-order valence-electron chi connectivity index (χ4n) is 1.98. The standard InChI is InChI=1S/C17H18O/c1-14-10-12-15(13-11-14)6-5-9-17(18)16-7-3-2-4-8-16/h2-4,7-8,10-13H,5-6,9H2,1H3. The largest absolute Gasteiger partial charge is 0.294 e. The zero-order chi connectivity index (χ0) is 12.8. The van der Waals surface area contributed by atoms with Gasteiger partial charge in [-0.05, 0) is 25.3 Å². The Bertz CT molecular complexity index is 497. The molecule has 0 heterocycles. The summed E-state index contributed by atoms with van der Waals surface area (Å²) in [6.45, 7) is 2.09. The smallest absolute Gasteiger partial charge is 0.162 e. The molecule has 0 unspecified atom stereocenters. The van der Waals surface area contributed by atoms with Crippen molar-refractivity contribution in [3.05, 3.63) is 71.3 Å². The maximum Gasteiger partial charge on any atom is 0.162 e. The number of carbonyl (C=O) groups is 1. The van der Waals surface area contributed by atoms with Crippen LogP contribution in [0.2, 0.25) is 0 Å². The predicted molar refractivity (Wildman–Crippen MR) is 74.9 cm³/mol. The molecule has 0 saturated carbocycles. The Morgan fingerprint density at radius 3 is 2.28 bits per heavy atom. The lowest BCUT2D eigenvalue weighted by Gasteiger charge is -2.02. The van der Waals surface area contributed by atoms with Crippen LogP contribution in [-0.4, -0.2) is 5.78 Å². The summed E-state index contributed by atoms with van der Waals surface area (Å²) in [6, 6.07) is 18.0. The van der Waals surface area contributed by atoms with Crippen LogP contribution in [0.4, 0.5) is 0 Å². The van der Waals surface area contributed by atoms with Gasteiger partial charge in [-0.25, -0.2) is 0 Å². The van der Waals surface area contributed by atoms with Crippen molar-refractivity contribution in [1.29, 1.82) is 0 Å². The molecule has 0 aromatic heterocycles. The second-order valence-electron chi connectivity index (χ2n) is 4.63. The Labute approximate surface area is 108 Å². The van der Waals surface area contributed by atoms with E-state index in [0.29, 0.717) is 6.42 Å². The van der Waals surface area contributed by atoms with Crippen LogP contribution in [0, 0.1) is 6.92 Å². The number of Topliss-reactive ketones (excluding diaryl/α,β-unsaturated/α-hetero) is 1. The Morgan fingerprint density at radius 1 is 0.944 bits per heavy atom. The van der Waals surface area contributed by atoms with Crippen molar-refractivity contribution in [3.63, 3.8) is 0 Å². The summed E-state index contributed by atoms with van der Waals surface area (Å²) in [5.41, 5.74) is 3.40. The van der Waals surface area contributed by atoms with Crippen LogP contribution in [0.5, 0.6) is 0 Å². The number of rotatable bonds is 5. The van der Waals surface area contributed by atoms with Crippen molar-refractivity contribution in [2.24, 2.45) is 0 Å². The van der Waals surface area contributed by atoms with Gasteiger partial charge in [0.15, 0.2) is 5.78 Å². The second-order valence-corrected chi connectivity index (χ2v) is 4.63. The van der Waals surface area contributed by atoms with Gasteiger partial charge in [0.25, 0.3) is 0 Å². The van der Waals surface area contributed by atoms with Crippen LogP contribution in [0.25, 0.3) is 0 Å². The molecule has 2 aromatic rings. The van der Waals surface area contributed by atoms with Crippen LogP contribution < -0.4 is 0 Å². The third-order valence-corrected chi connectivity index (χ3v) is 3.09. The molecular weight excluding hydrogens is 220 g/mol. The molecule has 1 heteroatoms. The van der Waals surface area contributed by atoms with E-state index in [1.807, 2.05) is 30.3 Å². The van der Waals surface area contributed by atoms with Gasteiger partial charge in [0.1, 0.15) is 0 Å². The lowest BCUT2D eigenvalue weighted by molar-refractivity contribution is 0.0980. The summed E-state index contributed by atoms with van der Waals surface area (Å²) in [5, 5.41) is 0. The van der Waals surface area contributed by atoms with Crippen LogP contribution in [0.1, 0.15) is 34.3 Å². The van der Waals surface area contributed by atoms with Gasteiger partial charge in [0.2, 0.25) is 0 Å². The second kappa shape index (κ2) is 6.15. The number of hydrogen-bond acceptors (Lipinski definition) is 1. The molecule has 0 atom stereocenters. The monoisotopic (exact) mass is 238 g/mol. The average molecular weight is 238 g/mol. The van der Waals surface area contributed by atoms with E-state index in [0.717, 1.165) is 18.4 Å². The van der Waals surface area contributed by atoms with Gasteiger partial charge in [0, 0.05) is 12.0 Å². The highest BCUT2D eigenvalue weighted by atomic mass is 16.1. The fourth-order valence-corrected chi connectivity index (χ4v) is 1.98. The maximum absolute atomic E-state index is 11.9. The first-order chi connectivity index (χ1) is 8.75. The minimum atomic E-state index is 0.239. The molecule has 0 spiro atoms. The van der Waals surface area contributed by atoms with Crippen molar-refractivity contribution in [3.8, 4) is 0 Å². The zero-order valence-corrected chi connectivity index (χ0v) is 10.7. The van der Waals surface area contributed by atoms with Gasteiger partial charge in [-0.3, -0.25) is 4.79 Å². The van der Waals surface area contributed by atoms with Gasteiger partial charge in [0.05, 0.1) is 0 Å². The van der Waals surface area contributed by atoms with Gasteiger partial charge >= 0.3 is 0 Å². The highest BCUT2D eigenvalue weighted by molar-refractivity contribution is 5.95. The minimum absolute atomic E-state index is 0.239. The molecule has 2 aromatic carbocycles. The molecule has 0 saturated heterocycles. The van der Waals surface area contributed by atoms with Crippen LogP contribution in [-0.2, 0) is 6.42 Å². The van der Waals surface area contributed by atoms with E-state index >= 15 is 0 Å². The van der Waals surface area contributed by atoms with E-state index in [-0.39, 0.29) is 5.78 Å². The van der Waals surface area contributed by atoms with Gasteiger partial charge < -0.3 is 0 Å². The highest BCUT2D eigenvalue weighted by Crippen LogP contribution is 2.10. The first-order valence-corrected chi connectivity index (χ1v) is 6.39. The molecule has 0 aliphatic heterocycles. The van der Waals surface area contributed by atoms with E-state index in [4.69, 9.17) is 0 Å². The summed E-state index contributed by atoms with van der Waals surface area (Å²) in [5.74, 6) is 0.239. The summed E-state index contributed by atoms with van der Waals surface area (Å²) in [7, 11) is 0. The molecule has 1 nitrogen and oxygen atoms in total. The molecule has 0 bridgehead atoms. The van der Waals surface area contributed by atoms with E-state index < -0.39 is 0 Å². The van der Waals surface area contributed by atoms with Crippen LogP contribution >= 0.6 is 0 Å². The van der Waals surface area contributed by atoms with E-state index in [9.17, 15) is 4.79 Å². The maximum atomic E-state index is 11.9. The first kappa shape index (κ1) is 12.6. The van der Waals surface area contributed by atoms with Gasteiger partial charge in [-0.15, -0.1) is 0 Å². The number of benzene rings is 2. The average Bonchev–Trinajstić information content (AvgIpc) is 2.42. The van der Waals surface area contributed by atoms with E-state index in [2.05, 4.69) is 31.2 Å². The van der Waals surface area contributed by atoms with Gasteiger partial charge in [-0.2, -0.15) is 0 Å². The third-order valence-electron chi connectivity index (χ3n) is 3.09. The molecule has 2 rings (SSSR count). The Hall–Kier alpha value is -1.89. The number of aryl methyl sites for hydroxylation is 2. The van der Waals surface area contributed by atoms with Crippen molar-refractivity contribution >= 4 is 5.78 Å². The SMILES string of the molecule is Cc1ccc(CCCC(=O)c2ccccc2)cc1. The third kappa shape index (κ3) is 3.56. The topological polar surface area (TPSA) is 17.1 Å². The van der Waals surface area contributed by atoms with E-state index in [1.165, 1.54) is 11.1 Å². The highest BCUT2D eigenvalue weighted by Gasteiger charge is 2.04. The normalized spacial score (nSPS) is 10.3. The van der Waals surface area contributed by atoms with Crippen molar-refractivity contribution in [2.75, 3.05) is 0 Å².